The Kier molecular flexibility index (Phi) is 6.69. The summed E-state index contributed by atoms with van der Waals surface area (Å²) in [7, 11) is 0. The second kappa shape index (κ2) is 8.76. The van der Waals surface area contributed by atoms with Crippen molar-refractivity contribution < 1.29 is 0 Å². The monoisotopic (exact) mass is 335 g/mol. The van der Waals surface area contributed by atoms with Crippen LogP contribution in [0.15, 0.2) is 58.8 Å². The highest BCUT2D eigenvalue weighted by Gasteiger charge is 2.04. The van der Waals surface area contributed by atoms with Gasteiger partial charge in [0.2, 0.25) is 0 Å². The fourth-order valence-corrected chi connectivity index (χ4v) is 2.44. The van der Waals surface area contributed by atoms with Crippen LogP contribution in [0.3, 0.4) is 0 Å². The number of hydrogen-bond acceptors (Lipinski definition) is 3. The Hall–Kier alpha value is -1.58. The molecule has 0 spiro atoms. The zero-order valence-electron chi connectivity index (χ0n) is 12.5. The summed E-state index contributed by atoms with van der Waals surface area (Å²) in [6.07, 6.45) is 0. The number of anilines is 1. The molecular formula is C17H19Cl2N3. The Morgan fingerprint density at radius 2 is 1.23 bits per heavy atom. The van der Waals surface area contributed by atoms with Crippen molar-refractivity contribution in [1.82, 2.24) is 0 Å². The lowest BCUT2D eigenvalue weighted by atomic mass is 10.2. The van der Waals surface area contributed by atoms with Crippen molar-refractivity contribution in [3.63, 3.8) is 0 Å². The zero-order chi connectivity index (χ0) is 15.8. The maximum absolute atomic E-state index is 5.82. The molecule has 0 atom stereocenters. The number of rotatable bonds is 7. The standard InChI is InChI=1S/C17H19Cl2N3/c1-14-2-4-15(5-3-14)20-21-16-6-8-17(9-7-16)22(12-10-18)13-11-19/h2-9H,10-13H2,1H3. The van der Waals surface area contributed by atoms with E-state index in [9.17, 15) is 0 Å². The van der Waals surface area contributed by atoms with Crippen LogP contribution in [0.4, 0.5) is 17.1 Å². The van der Waals surface area contributed by atoms with Crippen molar-refractivity contribution in [1.29, 1.82) is 0 Å². The minimum absolute atomic E-state index is 0.575. The Balaban J connectivity index is 2.06. The van der Waals surface area contributed by atoms with E-state index in [1.807, 2.05) is 55.5 Å². The van der Waals surface area contributed by atoms with Crippen molar-refractivity contribution in [2.24, 2.45) is 10.2 Å². The van der Waals surface area contributed by atoms with E-state index in [4.69, 9.17) is 23.2 Å². The van der Waals surface area contributed by atoms with Crippen LogP contribution in [0.2, 0.25) is 0 Å². The number of aryl methyl sites for hydroxylation is 1. The third-order valence-corrected chi connectivity index (χ3v) is 3.58. The van der Waals surface area contributed by atoms with E-state index in [-0.39, 0.29) is 0 Å². The quantitative estimate of drug-likeness (QED) is 0.471. The lowest BCUT2D eigenvalue weighted by Gasteiger charge is -2.22. The van der Waals surface area contributed by atoms with Gasteiger partial charge in [0.05, 0.1) is 11.4 Å². The number of hydrogen-bond donors (Lipinski definition) is 0. The largest absolute Gasteiger partial charge is 0.369 e. The zero-order valence-corrected chi connectivity index (χ0v) is 14.1. The molecule has 5 heteroatoms. The molecule has 0 saturated carbocycles. The average molecular weight is 336 g/mol. The first-order valence-corrected chi connectivity index (χ1v) is 8.25. The predicted octanol–water partition coefficient (Wildman–Crippen LogP) is 5.69. The van der Waals surface area contributed by atoms with Crippen LogP contribution in [-0.4, -0.2) is 24.8 Å². The molecule has 0 amide bonds. The van der Waals surface area contributed by atoms with Crippen LogP contribution in [0.1, 0.15) is 5.56 Å². The van der Waals surface area contributed by atoms with Gasteiger partial charge in [0.15, 0.2) is 0 Å². The normalized spacial score (nSPS) is 11.0. The van der Waals surface area contributed by atoms with E-state index in [0.717, 1.165) is 30.2 Å². The molecule has 0 unspecified atom stereocenters. The topological polar surface area (TPSA) is 28.0 Å². The van der Waals surface area contributed by atoms with E-state index >= 15 is 0 Å². The summed E-state index contributed by atoms with van der Waals surface area (Å²) in [6, 6.07) is 15.9. The van der Waals surface area contributed by atoms with Gasteiger partial charge < -0.3 is 4.90 Å². The summed E-state index contributed by atoms with van der Waals surface area (Å²) >= 11 is 11.6. The van der Waals surface area contributed by atoms with Crippen LogP contribution >= 0.6 is 23.2 Å². The molecule has 0 aromatic heterocycles. The van der Waals surface area contributed by atoms with Gasteiger partial charge in [-0.05, 0) is 43.3 Å². The number of benzene rings is 2. The molecular weight excluding hydrogens is 317 g/mol. The first-order chi connectivity index (χ1) is 10.7. The minimum Gasteiger partial charge on any atom is -0.369 e. The average Bonchev–Trinajstić information content (AvgIpc) is 2.55. The summed E-state index contributed by atoms with van der Waals surface area (Å²) in [5, 5.41) is 8.49. The molecule has 0 radical (unpaired) electrons. The molecule has 116 valence electrons. The second-order valence-electron chi connectivity index (χ2n) is 4.92. The maximum Gasteiger partial charge on any atom is 0.0858 e. The van der Waals surface area contributed by atoms with Gasteiger partial charge in [0, 0.05) is 30.5 Å². The Bertz CT molecular complexity index is 588. The molecule has 22 heavy (non-hydrogen) atoms. The highest BCUT2D eigenvalue weighted by atomic mass is 35.5. The van der Waals surface area contributed by atoms with E-state index < -0.39 is 0 Å². The molecule has 0 N–H and O–H groups in total. The number of nitrogens with zero attached hydrogens (tertiary/aromatic N) is 3. The first kappa shape index (κ1) is 16.8. The van der Waals surface area contributed by atoms with E-state index in [1.165, 1.54) is 5.56 Å². The second-order valence-corrected chi connectivity index (χ2v) is 5.67. The van der Waals surface area contributed by atoms with Crippen molar-refractivity contribution >= 4 is 40.3 Å². The first-order valence-electron chi connectivity index (χ1n) is 7.18. The predicted molar refractivity (Wildman–Crippen MR) is 95.5 cm³/mol. The molecule has 2 rings (SSSR count). The van der Waals surface area contributed by atoms with Crippen LogP contribution in [0.25, 0.3) is 0 Å². The summed E-state index contributed by atoms with van der Waals surface area (Å²) in [6.45, 7) is 3.60. The minimum atomic E-state index is 0.575. The third kappa shape index (κ3) is 5.00. The van der Waals surface area contributed by atoms with Gasteiger partial charge >= 0.3 is 0 Å². The van der Waals surface area contributed by atoms with E-state index in [0.29, 0.717) is 11.8 Å². The lowest BCUT2D eigenvalue weighted by Crippen LogP contribution is -2.27. The molecule has 0 aliphatic rings. The summed E-state index contributed by atoms with van der Waals surface area (Å²) in [5.41, 5.74) is 3.97. The van der Waals surface area contributed by atoms with Crippen molar-refractivity contribution in [3.05, 3.63) is 54.1 Å². The summed E-state index contributed by atoms with van der Waals surface area (Å²) in [4.78, 5) is 2.15. The lowest BCUT2D eigenvalue weighted by molar-refractivity contribution is 0.874. The molecule has 0 saturated heterocycles. The number of halogens is 2. The van der Waals surface area contributed by atoms with Gasteiger partial charge in [-0.25, -0.2) is 0 Å². The fraction of sp³-hybridized carbons (Fsp3) is 0.294. The smallest absolute Gasteiger partial charge is 0.0858 e. The van der Waals surface area contributed by atoms with Gasteiger partial charge in [-0.1, -0.05) is 17.7 Å². The number of azo groups is 1. The molecule has 3 nitrogen and oxygen atoms in total. The molecule has 0 aliphatic heterocycles. The number of alkyl halides is 2. The van der Waals surface area contributed by atoms with Gasteiger partial charge in [0.1, 0.15) is 0 Å². The van der Waals surface area contributed by atoms with Gasteiger partial charge in [-0.3, -0.25) is 0 Å². The fourth-order valence-electron chi connectivity index (χ4n) is 2.03. The van der Waals surface area contributed by atoms with Crippen LogP contribution < -0.4 is 4.90 Å². The van der Waals surface area contributed by atoms with Crippen LogP contribution in [-0.2, 0) is 0 Å². The highest BCUT2D eigenvalue weighted by molar-refractivity contribution is 6.18. The van der Waals surface area contributed by atoms with Gasteiger partial charge in [-0.15, -0.1) is 23.2 Å². The van der Waals surface area contributed by atoms with Gasteiger partial charge in [-0.2, -0.15) is 10.2 Å². The Labute approximate surface area is 141 Å². The van der Waals surface area contributed by atoms with E-state index in [2.05, 4.69) is 15.1 Å². The molecule has 2 aromatic carbocycles. The Morgan fingerprint density at radius 3 is 1.68 bits per heavy atom. The van der Waals surface area contributed by atoms with Crippen molar-refractivity contribution in [3.8, 4) is 0 Å². The van der Waals surface area contributed by atoms with Crippen LogP contribution in [0.5, 0.6) is 0 Å². The molecule has 0 bridgehead atoms. The molecule has 0 fully saturated rings. The SMILES string of the molecule is Cc1ccc(N=Nc2ccc(N(CCCl)CCCl)cc2)cc1. The van der Waals surface area contributed by atoms with Gasteiger partial charge in [0.25, 0.3) is 0 Å². The molecule has 2 aromatic rings. The van der Waals surface area contributed by atoms with Crippen molar-refractivity contribution in [2.75, 3.05) is 29.7 Å². The maximum atomic E-state index is 5.82. The Morgan fingerprint density at radius 1 is 0.773 bits per heavy atom. The van der Waals surface area contributed by atoms with Crippen LogP contribution in [0, 0.1) is 6.92 Å². The summed E-state index contributed by atoms with van der Waals surface area (Å²) < 4.78 is 0. The van der Waals surface area contributed by atoms with E-state index in [1.54, 1.807) is 0 Å². The third-order valence-electron chi connectivity index (χ3n) is 3.24. The molecule has 0 heterocycles. The highest BCUT2D eigenvalue weighted by Crippen LogP contribution is 2.22. The molecule has 0 aliphatic carbocycles. The van der Waals surface area contributed by atoms with Crippen molar-refractivity contribution in [2.45, 2.75) is 6.92 Å². The summed E-state index contributed by atoms with van der Waals surface area (Å²) in [5.74, 6) is 1.15.